The zero-order valence-electron chi connectivity index (χ0n) is 14.1. The van der Waals surface area contributed by atoms with Crippen molar-refractivity contribution in [3.8, 4) is 5.75 Å². The normalized spacial score (nSPS) is 11.2. The molecule has 0 radical (unpaired) electrons. The number of para-hydroxylation sites is 1. The molecule has 1 N–H and O–H groups in total. The Bertz CT molecular complexity index is 893. The number of rotatable bonds is 5. The van der Waals surface area contributed by atoms with E-state index < -0.39 is 5.97 Å². The number of benzene rings is 2. The van der Waals surface area contributed by atoms with Crippen LogP contribution < -0.4 is 4.74 Å². The quantitative estimate of drug-likeness (QED) is 0.751. The molecular formula is C20H21NO3. The number of hydrogen-bond donors (Lipinski definition) is 1. The van der Waals surface area contributed by atoms with E-state index in [1.165, 1.54) is 0 Å². The predicted octanol–water partition coefficient (Wildman–Crippen LogP) is 4.52. The van der Waals surface area contributed by atoms with Crippen molar-refractivity contribution in [1.82, 2.24) is 4.57 Å². The summed E-state index contributed by atoms with van der Waals surface area (Å²) < 4.78 is 7.71. The molecule has 0 aliphatic rings. The lowest BCUT2D eigenvalue weighted by Crippen LogP contribution is -2.06. The molecule has 0 aliphatic heterocycles. The number of hydrogen-bond acceptors (Lipinski definition) is 2. The summed E-state index contributed by atoms with van der Waals surface area (Å²) in [5, 5.41) is 10.2. The summed E-state index contributed by atoms with van der Waals surface area (Å²) in [6.07, 6.45) is 0.735. The number of methoxy groups -OCH3 is 1. The van der Waals surface area contributed by atoms with E-state index in [0.29, 0.717) is 5.56 Å². The predicted molar refractivity (Wildman–Crippen MR) is 95.1 cm³/mol. The average molecular weight is 323 g/mol. The lowest BCUT2D eigenvalue weighted by Gasteiger charge is -2.16. The first kappa shape index (κ1) is 16.1. The maximum atomic E-state index is 11.2. The van der Waals surface area contributed by atoms with Gasteiger partial charge in [0.2, 0.25) is 0 Å². The van der Waals surface area contributed by atoms with Crippen molar-refractivity contribution < 1.29 is 14.6 Å². The number of fused-ring (bicyclic) bond motifs is 1. The van der Waals surface area contributed by atoms with Crippen LogP contribution in [0.25, 0.3) is 10.9 Å². The molecule has 124 valence electrons. The lowest BCUT2D eigenvalue weighted by atomic mass is 10.1. The maximum absolute atomic E-state index is 11.2. The SMILES string of the molecule is COc1ccccc1Cc1cc2cc(C(=O)O)ccc2n1C(C)C. The number of carboxylic acid groups (broad SMARTS) is 1. The number of aromatic carboxylic acids is 1. The van der Waals surface area contributed by atoms with Gasteiger partial charge >= 0.3 is 5.97 Å². The van der Waals surface area contributed by atoms with Crippen molar-refractivity contribution in [2.75, 3.05) is 7.11 Å². The molecule has 0 bridgehead atoms. The van der Waals surface area contributed by atoms with Crippen LogP contribution in [-0.4, -0.2) is 22.8 Å². The number of ether oxygens (including phenoxy) is 1. The van der Waals surface area contributed by atoms with Crippen molar-refractivity contribution >= 4 is 16.9 Å². The molecular weight excluding hydrogens is 302 g/mol. The second kappa shape index (κ2) is 6.40. The topological polar surface area (TPSA) is 51.5 Å². The molecule has 0 fully saturated rings. The third kappa shape index (κ3) is 2.87. The Morgan fingerprint density at radius 2 is 1.92 bits per heavy atom. The van der Waals surface area contributed by atoms with Gasteiger partial charge in [0.15, 0.2) is 0 Å². The van der Waals surface area contributed by atoms with Gasteiger partial charge in [-0.15, -0.1) is 0 Å². The number of carboxylic acids is 1. The zero-order chi connectivity index (χ0) is 17.3. The van der Waals surface area contributed by atoms with Crippen LogP contribution in [0.5, 0.6) is 5.75 Å². The highest BCUT2D eigenvalue weighted by atomic mass is 16.5. The molecule has 0 saturated heterocycles. The molecule has 1 heterocycles. The van der Waals surface area contributed by atoms with Gasteiger partial charge in [0.1, 0.15) is 5.75 Å². The van der Waals surface area contributed by atoms with Crippen LogP contribution in [0.2, 0.25) is 0 Å². The highest BCUT2D eigenvalue weighted by molar-refractivity contribution is 5.94. The molecule has 0 atom stereocenters. The average Bonchev–Trinajstić information content (AvgIpc) is 2.92. The van der Waals surface area contributed by atoms with Gasteiger partial charge in [-0.3, -0.25) is 0 Å². The first-order chi connectivity index (χ1) is 11.5. The molecule has 3 rings (SSSR count). The van der Waals surface area contributed by atoms with Crippen LogP contribution in [0, 0.1) is 0 Å². The van der Waals surface area contributed by atoms with E-state index in [2.05, 4.69) is 30.5 Å². The van der Waals surface area contributed by atoms with Crippen LogP contribution in [0.1, 0.15) is 41.5 Å². The number of nitrogens with zero attached hydrogens (tertiary/aromatic N) is 1. The lowest BCUT2D eigenvalue weighted by molar-refractivity contribution is 0.0697. The Morgan fingerprint density at radius 1 is 1.17 bits per heavy atom. The minimum Gasteiger partial charge on any atom is -0.496 e. The molecule has 3 aromatic rings. The molecule has 4 heteroatoms. The minimum atomic E-state index is -0.902. The van der Waals surface area contributed by atoms with E-state index in [1.807, 2.05) is 24.3 Å². The summed E-state index contributed by atoms with van der Waals surface area (Å²) in [5.74, 6) is -0.0373. The Balaban J connectivity index is 2.12. The molecule has 24 heavy (non-hydrogen) atoms. The van der Waals surface area contributed by atoms with Gasteiger partial charge in [0.25, 0.3) is 0 Å². The second-order valence-corrected chi connectivity index (χ2v) is 6.17. The van der Waals surface area contributed by atoms with Gasteiger partial charge in [-0.1, -0.05) is 18.2 Å². The molecule has 1 aromatic heterocycles. The van der Waals surface area contributed by atoms with E-state index in [4.69, 9.17) is 4.74 Å². The van der Waals surface area contributed by atoms with Crippen LogP contribution in [-0.2, 0) is 6.42 Å². The summed E-state index contributed by atoms with van der Waals surface area (Å²) in [4.78, 5) is 11.2. The van der Waals surface area contributed by atoms with Crippen LogP contribution >= 0.6 is 0 Å². The van der Waals surface area contributed by atoms with Crippen molar-refractivity contribution in [3.63, 3.8) is 0 Å². The van der Waals surface area contributed by atoms with E-state index in [1.54, 1.807) is 19.2 Å². The highest BCUT2D eigenvalue weighted by Gasteiger charge is 2.15. The van der Waals surface area contributed by atoms with Gasteiger partial charge in [0, 0.05) is 29.1 Å². The van der Waals surface area contributed by atoms with E-state index in [-0.39, 0.29) is 6.04 Å². The van der Waals surface area contributed by atoms with Crippen molar-refractivity contribution in [3.05, 3.63) is 65.4 Å². The summed E-state index contributed by atoms with van der Waals surface area (Å²) >= 11 is 0. The molecule has 2 aromatic carbocycles. The Kier molecular flexibility index (Phi) is 4.30. The fraction of sp³-hybridized carbons (Fsp3) is 0.250. The summed E-state index contributed by atoms with van der Waals surface area (Å²) in [5.41, 5.74) is 3.63. The Labute approximate surface area is 141 Å². The molecule has 0 aliphatic carbocycles. The first-order valence-electron chi connectivity index (χ1n) is 8.00. The first-order valence-corrected chi connectivity index (χ1v) is 8.00. The minimum absolute atomic E-state index is 0.280. The van der Waals surface area contributed by atoms with Crippen LogP contribution in [0.3, 0.4) is 0 Å². The largest absolute Gasteiger partial charge is 0.496 e. The summed E-state index contributed by atoms with van der Waals surface area (Å²) in [6.45, 7) is 4.27. The molecule has 4 nitrogen and oxygen atoms in total. The molecule has 0 saturated carbocycles. The summed E-state index contributed by atoms with van der Waals surface area (Å²) in [7, 11) is 1.68. The third-order valence-electron chi connectivity index (χ3n) is 4.25. The van der Waals surface area contributed by atoms with Crippen LogP contribution in [0.4, 0.5) is 0 Å². The van der Waals surface area contributed by atoms with Gasteiger partial charge in [0.05, 0.1) is 12.7 Å². The molecule has 0 spiro atoms. The monoisotopic (exact) mass is 323 g/mol. The van der Waals surface area contributed by atoms with Crippen molar-refractivity contribution in [2.24, 2.45) is 0 Å². The summed E-state index contributed by atoms with van der Waals surface area (Å²) in [6, 6.07) is 15.6. The smallest absolute Gasteiger partial charge is 0.335 e. The van der Waals surface area contributed by atoms with E-state index in [9.17, 15) is 9.90 Å². The number of aromatic nitrogens is 1. The number of carbonyl (C=O) groups is 1. The van der Waals surface area contributed by atoms with Crippen molar-refractivity contribution in [2.45, 2.75) is 26.3 Å². The van der Waals surface area contributed by atoms with Crippen molar-refractivity contribution in [1.29, 1.82) is 0 Å². The third-order valence-corrected chi connectivity index (χ3v) is 4.25. The Morgan fingerprint density at radius 3 is 2.58 bits per heavy atom. The van der Waals surface area contributed by atoms with E-state index >= 15 is 0 Å². The van der Waals surface area contributed by atoms with Gasteiger partial charge in [-0.25, -0.2) is 4.79 Å². The fourth-order valence-corrected chi connectivity index (χ4v) is 3.22. The maximum Gasteiger partial charge on any atom is 0.335 e. The molecule has 0 unspecified atom stereocenters. The van der Waals surface area contributed by atoms with Gasteiger partial charge in [-0.2, -0.15) is 0 Å². The van der Waals surface area contributed by atoms with E-state index in [0.717, 1.165) is 34.3 Å². The molecule has 0 amide bonds. The fourth-order valence-electron chi connectivity index (χ4n) is 3.22. The van der Waals surface area contributed by atoms with Gasteiger partial charge < -0.3 is 14.4 Å². The van der Waals surface area contributed by atoms with Crippen LogP contribution in [0.15, 0.2) is 48.5 Å². The van der Waals surface area contributed by atoms with Gasteiger partial charge in [-0.05, 0) is 49.7 Å². The highest BCUT2D eigenvalue weighted by Crippen LogP contribution is 2.29. The second-order valence-electron chi connectivity index (χ2n) is 6.17. The Hall–Kier alpha value is -2.75. The standard InChI is InChI=1S/C20H21NO3/c1-13(2)21-17(11-14-6-4-5-7-19(14)24-3)12-16-10-15(20(22)23)8-9-18(16)21/h4-10,12-13H,11H2,1-3H3,(H,22,23). The zero-order valence-corrected chi connectivity index (χ0v) is 14.1.